The molecule has 6 rings (SSSR count). The third-order valence-corrected chi connectivity index (χ3v) is 7.74. The Balaban J connectivity index is 1.43. The van der Waals surface area contributed by atoms with Gasteiger partial charge in [-0.2, -0.15) is 0 Å². The highest BCUT2D eigenvalue weighted by Gasteiger charge is 2.51. The summed E-state index contributed by atoms with van der Waals surface area (Å²) in [5.41, 5.74) is 0.393. The summed E-state index contributed by atoms with van der Waals surface area (Å²) in [7, 11) is 0. The Labute approximate surface area is 166 Å². The molecular formula is C21H29ClN4O. The first-order chi connectivity index (χ1) is 13.1. The van der Waals surface area contributed by atoms with Crippen LogP contribution in [-0.4, -0.2) is 46.5 Å². The van der Waals surface area contributed by atoms with E-state index in [1.165, 1.54) is 32.1 Å². The third-order valence-electron chi connectivity index (χ3n) is 7.46. The SMILES string of the molecule is CCN(C(=O)c1nc(N2CCCC2)ncc1Cl)C1C2CC3CC(C2)CC1C3. The fourth-order valence-electron chi connectivity index (χ4n) is 6.61. The van der Waals surface area contributed by atoms with E-state index in [0.717, 1.165) is 44.3 Å². The average molecular weight is 389 g/mol. The molecule has 1 aromatic rings. The van der Waals surface area contributed by atoms with Crippen LogP contribution >= 0.6 is 11.6 Å². The second-order valence-electron chi connectivity index (χ2n) is 9.07. The smallest absolute Gasteiger partial charge is 0.274 e. The van der Waals surface area contributed by atoms with Crippen molar-refractivity contribution in [1.82, 2.24) is 14.9 Å². The molecule has 4 bridgehead atoms. The number of anilines is 1. The number of halogens is 1. The van der Waals surface area contributed by atoms with E-state index in [0.29, 0.717) is 34.5 Å². The van der Waals surface area contributed by atoms with E-state index in [2.05, 4.69) is 26.7 Å². The molecule has 5 nitrogen and oxygen atoms in total. The zero-order valence-corrected chi connectivity index (χ0v) is 16.9. The van der Waals surface area contributed by atoms with Crippen LogP contribution in [0.2, 0.25) is 5.02 Å². The van der Waals surface area contributed by atoms with Crippen molar-refractivity contribution in [2.45, 2.75) is 57.9 Å². The fourth-order valence-corrected chi connectivity index (χ4v) is 6.78. The van der Waals surface area contributed by atoms with Crippen LogP contribution in [0.15, 0.2) is 6.20 Å². The van der Waals surface area contributed by atoms with Crippen LogP contribution in [0.5, 0.6) is 0 Å². The van der Waals surface area contributed by atoms with Gasteiger partial charge in [0.2, 0.25) is 5.95 Å². The van der Waals surface area contributed by atoms with Gasteiger partial charge in [0, 0.05) is 25.7 Å². The number of rotatable bonds is 4. The highest BCUT2D eigenvalue weighted by molar-refractivity contribution is 6.33. The van der Waals surface area contributed by atoms with Crippen LogP contribution < -0.4 is 4.90 Å². The monoisotopic (exact) mass is 388 g/mol. The van der Waals surface area contributed by atoms with Crippen LogP contribution in [0.25, 0.3) is 0 Å². The Hall–Kier alpha value is -1.36. The number of hydrogen-bond acceptors (Lipinski definition) is 4. The molecule has 0 atom stereocenters. The van der Waals surface area contributed by atoms with Gasteiger partial charge in [0.25, 0.3) is 5.91 Å². The van der Waals surface area contributed by atoms with Crippen LogP contribution in [0.1, 0.15) is 62.4 Å². The molecule has 0 aromatic carbocycles. The molecule has 4 aliphatic carbocycles. The fraction of sp³-hybridized carbons (Fsp3) is 0.762. The molecule has 1 aromatic heterocycles. The lowest BCUT2D eigenvalue weighted by Crippen LogP contribution is -2.57. The highest BCUT2D eigenvalue weighted by Crippen LogP contribution is 2.55. The first kappa shape index (κ1) is 17.7. The van der Waals surface area contributed by atoms with Crippen molar-refractivity contribution in [3.05, 3.63) is 16.9 Å². The lowest BCUT2D eigenvalue weighted by Gasteiger charge is -2.57. The molecule has 6 heteroatoms. The first-order valence-electron chi connectivity index (χ1n) is 10.7. The van der Waals surface area contributed by atoms with E-state index in [1.807, 2.05) is 0 Å². The van der Waals surface area contributed by atoms with E-state index in [9.17, 15) is 4.79 Å². The van der Waals surface area contributed by atoms with Crippen molar-refractivity contribution in [3.63, 3.8) is 0 Å². The Morgan fingerprint density at radius 3 is 2.37 bits per heavy atom. The molecule has 1 aliphatic heterocycles. The van der Waals surface area contributed by atoms with Gasteiger partial charge in [-0.1, -0.05) is 11.6 Å². The summed E-state index contributed by atoms with van der Waals surface area (Å²) in [5, 5.41) is 0.380. The summed E-state index contributed by atoms with van der Waals surface area (Å²) in [4.78, 5) is 26.8. The molecule has 4 saturated carbocycles. The largest absolute Gasteiger partial charge is 0.341 e. The van der Waals surface area contributed by atoms with Gasteiger partial charge in [-0.25, -0.2) is 9.97 Å². The van der Waals surface area contributed by atoms with Crippen LogP contribution in [-0.2, 0) is 0 Å². The predicted octanol–water partition coefficient (Wildman–Crippen LogP) is 4.02. The van der Waals surface area contributed by atoms with Crippen molar-refractivity contribution < 1.29 is 4.79 Å². The molecule has 146 valence electrons. The molecule has 27 heavy (non-hydrogen) atoms. The second-order valence-corrected chi connectivity index (χ2v) is 9.48. The van der Waals surface area contributed by atoms with Crippen LogP contribution in [0.4, 0.5) is 5.95 Å². The standard InChI is InChI=1S/C21H29ClN4O/c1-2-26(19-15-8-13-7-14(10-15)11-16(19)9-13)20(27)18-17(22)12-23-21(24-18)25-5-3-4-6-25/h12-16,19H,2-11H2,1H3. The van der Waals surface area contributed by atoms with Crippen molar-refractivity contribution in [1.29, 1.82) is 0 Å². The molecule has 1 amide bonds. The number of aromatic nitrogens is 2. The number of amides is 1. The van der Waals surface area contributed by atoms with Gasteiger partial charge in [0.1, 0.15) is 0 Å². The van der Waals surface area contributed by atoms with Crippen molar-refractivity contribution >= 4 is 23.5 Å². The Morgan fingerprint density at radius 2 is 1.78 bits per heavy atom. The summed E-state index contributed by atoms with van der Waals surface area (Å²) in [6.45, 7) is 4.75. The number of carbonyl (C=O) groups is 1. The maximum atomic E-state index is 13.5. The molecule has 0 unspecified atom stereocenters. The van der Waals surface area contributed by atoms with Gasteiger partial charge in [0.05, 0.1) is 11.2 Å². The van der Waals surface area contributed by atoms with Gasteiger partial charge in [-0.15, -0.1) is 0 Å². The third kappa shape index (κ3) is 3.02. The van der Waals surface area contributed by atoms with Gasteiger partial charge < -0.3 is 9.80 Å². The quantitative estimate of drug-likeness (QED) is 0.781. The average Bonchev–Trinajstić information content (AvgIpc) is 3.19. The Kier molecular flexibility index (Phi) is 4.53. The van der Waals surface area contributed by atoms with Gasteiger partial charge in [-0.05, 0) is 75.5 Å². The van der Waals surface area contributed by atoms with E-state index < -0.39 is 0 Å². The molecule has 0 spiro atoms. The van der Waals surface area contributed by atoms with Crippen LogP contribution in [0.3, 0.4) is 0 Å². The number of carbonyl (C=O) groups excluding carboxylic acids is 1. The minimum Gasteiger partial charge on any atom is -0.341 e. The van der Waals surface area contributed by atoms with E-state index in [1.54, 1.807) is 6.20 Å². The molecule has 2 heterocycles. The summed E-state index contributed by atoms with van der Waals surface area (Å²) in [5.74, 6) is 3.81. The van der Waals surface area contributed by atoms with Crippen molar-refractivity contribution in [2.24, 2.45) is 23.7 Å². The van der Waals surface area contributed by atoms with Gasteiger partial charge in [0.15, 0.2) is 5.69 Å². The molecular weight excluding hydrogens is 360 g/mol. The van der Waals surface area contributed by atoms with E-state index >= 15 is 0 Å². The lowest BCUT2D eigenvalue weighted by atomic mass is 9.54. The van der Waals surface area contributed by atoms with Crippen molar-refractivity contribution in [3.8, 4) is 0 Å². The molecule has 0 radical (unpaired) electrons. The number of hydrogen-bond donors (Lipinski definition) is 0. The minimum atomic E-state index is 0.00261. The topological polar surface area (TPSA) is 49.3 Å². The van der Waals surface area contributed by atoms with Crippen molar-refractivity contribution in [2.75, 3.05) is 24.5 Å². The highest BCUT2D eigenvalue weighted by atomic mass is 35.5. The van der Waals surface area contributed by atoms with Gasteiger partial charge in [-0.3, -0.25) is 4.79 Å². The van der Waals surface area contributed by atoms with E-state index in [4.69, 9.17) is 11.6 Å². The molecule has 5 aliphatic rings. The maximum Gasteiger partial charge on any atom is 0.274 e. The zero-order valence-electron chi connectivity index (χ0n) is 16.1. The summed E-state index contributed by atoms with van der Waals surface area (Å²) in [6.07, 6.45) is 10.6. The van der Waals surface area contributed by atoms with Gasteiger partial charge >= 0.3 is 0 Å². The van der Waals surface area contributed by atoms with E-state index in [-0.39, 0.29) is 5.91 Å². The minimum absolute atomic E-state index is 0.00261. The Bertz CT molecular complexity index is 705. The molecule has 5 fully saturated rings. The zero-order chi connectivity index (χ0) is 18.5. The molecule has 1 saturated heterocycles. The summed E-state index contributed by atoms with van der Waals surface area (Å²) >= 11 is 6.40. The Morgan fingerprint density at radius 1 is 1.15 bits per heavy atom. The molecule has 0 N–H and O–H groups in total. The lowest BCUT2D eigenvalue weighted by molar-refractivity contribution is -0.0545. The number of nitrogens with zero attached hydrogens (tertiary/aromatic N) is 4. The maximum absolute atomic E-state index is 13.5. The normalized spacial score (nSPS) is 34.3. The first-order valence-corrected chi connectivity index (χ1v) is 11.1. The summed E-state index contributed by atoms with van der Waals surface area (Å²) in [6, 6.07) is 0.372. The second kappa shape index (κ2) is 6.91. The summed E-state index contributed by atoms with van der Waals surface area (Å²) < 4.78 is 0. The predicted molar refractivity (Wildman–Crippen MR) is 106 cm³/mol. The van der Waals surface area contributed by atoms with Crippen LogP contribution in [0, 0.1) is 23.7 Å².